The van der Waals surface area contributed by atoms with Crippen molar-refractivity contribution in [1.82, 2.24) is 25.1 Å². The number of hydrogen-bond donors (Lipinski definition) is 4. The largest absolute Gasteiger partial charge is 0.369 e. The van der Waals surface area contributed by atoms with Gasteiger partial charge in [0.1, 0.15) is 5.82 Å². The predicted molar refractivity (Wildman–Crippen MR) is 139 cm³/mol. The van der Waals surface area contributed by atoms with Crippen molar-refractivity contribution < 1.29 is 0 Å². The van der Waals surface area contributed by atoms with E-state index in [1.807, 2.05) is 43.5 Å². The van der Waals surface area contributed by atoms with Gasteiger partial charge in [-0.2, -0.15) is 10.1 Å². The lowest BCUT2D eigenvalue weighted by Gasteiger charge is -2.13. The second-order valence-electron chi connectivity index (χ2n) is 8.35. The summed E-state index contributed by atoms with van der Waals surface area (Å²) in [5, 5.41) is 17.8. The summed E-state index contributed by atoms with van der Waals surface area (Å²) in [6.07, 6.45) is 4.74. The molecular formula is C26H22ClN7. The van der Waals surface area contributed by atoms with Gasteiger partial charge in [0.2, 0.25) is 5.95 Å². The van der Waals surface area contributed by atoms with Gasteiger partial charge < -0.3 is 15.6 Å². The monoisotopic (exact) mass is 467 g/mol. The number of hydrogen-bond acceptors (Lipinski definition) is 5. The first-order valence-corrected chi connectivity index (χ1v) is 11.5. The molecule has 0 bridgehead atoms. The third kappa shape index (κ3) is 3.80. The lowest BCUT2D eigenvalue weighted by atomic mass is 10.1. The molecule has 0 aliphatic carbocycles. The topological polar surface area (TPSA) is 94.3 Å². The van der Waals surface area contributed by atoms with E-state index in [9.17, 15) is 0 Å². The second kappa shape index (κ2) is 8.35. The second-order valence-corrected chi connectivity index (χ2v) is 8.78. The summed E-state index contributed by atoms with van der Waals surface area (Å²) >= 11 is 6.29. The number of aromatic nitrogens is 5. The highest BCUT2D eigenvalue weighted by Crippen LogP contribution is 2.28. The first kappa shape index (κ1) is 20.5. The van der Waals surface area contributed by atoms with Crippen LogP contribution in [0.3, 0.4) is 0 Å². The Morgan fingerprint density at radius 3 is 2.85 bits per heavy atom. The Kier molecular flexibility index (Phi) is 5.04. The molecule has 0 amide bonds. The third-order valence-corrected chi connectivity index (χ3v) is 6.26. The lowest BCUT2D eigenvalue weighted by Crippen LogP contribution is -2.09. The first-order chi connectivity index (χ1) is 16.6. The summed E-state index contributed by atoms with van der Waals surface area (Å²) in [6.45, 7) is 2.77. The summed E-state index contributed by atoms with van der Waals surface area (Å²) in [4.78, 5) is 12.8. The van der Waals surface area contributed by atoms with Crippen molar-refractivity contribution in [2.24, 2.45) is 0 Å². The van der Waals surface area contributed by atoms with Gasteiger partial charge in [0.25, 0.3) is 0 Å². The number of rotatable bonds is 6. The number of fused-ring (bicyclic) bond motifs is 3. The van der Waals surface area contributed by atoms with Crippen LogP contribution in [0.15, 0.2) is 67.0 Å². The van der Waals surface area contributed by atoms with Crippen molar-refractivity contribution in [2.75, 3.05) is 17.2 Å². The van der Waals surface area contributed by atoms with Crippen molar-refractivity contribution in [2.45, 2.75) is 13.3 Å². The van der Waals surface area contributed by atoms with Crippen LogP contribution in [-0.2, 0) is 6.42 Å². The number of H-pyrrole nitrogens is 2. The van der Waals surface area contributed by atoms with Crippen LogP contribution in [0.2, 0.25) is 5.02 Å². The van der Waals surface area contributed by atoms with Crippen LogP contribution in [0.1, 0.15) is 11.1 Å². The number of anilines is 3. The zero-order chi connectivity index (χ0) is 23.1. The highest BCUT2D eigenvalue weighted by molar-refractivity contribution is 6.31. The van der Waals surface area contributed by atoms with E-state index >= 15 is 0 Å². The maximum Gasteiger partial charge on any atom is 0.229 e. The van der Waals surface area contributed by atoms with Crippen LogP contribution in [0.25, 0.3) is 32.7 Å². The standard InChI is InChI=1S/C26H22ClN7/c1-15-10-19(11-17-14-30-34-24(15)17)31-26-32-23-7-6-18(27)12-21(23)25(33-26)28-9-8-16-13-29-22-5-3-2-4-20(16)22/h2-7,10-14,29H,8-9H2,1H3,(H,30,34)(H2,28,31,32,33). The Morgan fingerprint density at radius 2 is 1.91 bits per heavy atom. The Balaban J connectivity index is 1.30. The molecule has 6 aromatic rings. The minimum atomic E-state index is 0.520. The Bertz CT molecular complexity index is 1650. The average Bonchev–Trinajstić information content (AvgIpc) is 3.47. The van der Waals surface area contributed by atoms with E-state index in [-0.39, 0.29) is 0 Å². The molecule has 0 radical (unpaired) electrons. The molecule has 4 N–H and O–H groups in total. The maximum atomic E-state index is 6.29. The quantitative estimate of drug-likeness (QED) is 0.229. The van der Waals surface area contributed by atoms with Gasteiger partial charge in [0, 0.05) is 45.1 Å². The maximum absolute atomic E-state index is 6.29. The van der Waals surface area contributed by atoms with Gasteiger partial charge in [0.05, 0.1) is 17.2 Å². The highest BCUT2D eigenvalue weighted by Gasteiger charge is 2.11. The van der Waals surface area contributed by atoms with Gasteiger partial charge in [-0.25, -0.2) is 4.98 Å². The van der Waals surface area contributed by atoms with Crippen LogP contribution < -0.4 is 10.6 Å². The van der Waals surface area contributed by atoms with Crippen molar-refractivity contribution in [3.63, 3.8) is 0 Å². The van der Waals surface area contributed by atoms with Crippen molar-refractivity contribution in [3.05, 3.63) is 83.1 Å². The minimum Gasteiger partial charge on any atom is -0.369 e. The van der Waals surface area contributed by atoms with E-state index in [0.29, 0.717) is 11.0 Å². The molecule has 0 saturated carbocycles. The number of halogens is 1. The fraction of sp³-hybridized carbons (Fsp3) is 0.115. The molecule has 168 valence electrons. The molecular weight excluding hydrogens is 446 g/mol. The highest BCUT2D eigenvalue weighted by atomic mass is 35.5. The molecule has 0 atom stereocenters. The SMILES string of the molecule is Cc1cc(Nc2nc(NCCc3c[nH]c4ccccc34)c3cc(Cl)ccc3n2)cc2cn[nH]c12. The van der Waals surface area contributed by atoms with E-state index in [0.717, 1.165) is 57.4 Å². The van der Waals surface area contributed by atoms with Crippen LogP contribution in [-0.4, -0.2) is 31.7 Å². The Labute approximate surface area is 200 Å². The molecule has 34 heavy (non-hydrogen) atoms. The van der Waals surface area contributed by atoms with Gasteiger partial charge >= 0.3 is 0 Å². The van der Waals surface area contributed by atoms with Gasteiger partial charge in [-0.3, -0.25) is 5.10 Å². The molecule has 0 saturated heterocycles. The third-order valence-electron chi connectivity index (χ3n) is 6.02. The minimum absolute atomic E-state index is 0.520. The molecule has 7 nitrogen and oxygen atoms in total. The Hall–Kier alpha value is -4.10. The summed E-state index contributed by atoms with van der Waals surface area (Å²) in [7, 11) is 0. The molecule has 0 unspecified atom stereocenters. The average molecular weight is 468 g/mol. The van der Waals surface area contributed by atoms with E-state index < -0.39 is 0 Å². The van der Waals surface area contributed by atoms with E-state index in [1.165, 1.54) is 10.9 Å². The van der Waals surface area contributed by atoms with Crippen molar-refractivity contribution >= 4 is 61.8 Å². The molecule has 0 fully saturated rings. The molecule has 0 spiro atoms. The number of para-hydroxylation sites is 1. The summed E-state index contributed by atoms with van der Waals surface area (Å²) in [6, 6.07) is 18.1. The fourth-order valence-electron chi connectivity index (χ4n) is 4.38. The normalized spacial score (nSPS) is 11.5. The molecule has 0 aliphatic heterocycles. The molecule has 0 aliphatic rings. The van der Waals surface area contributed by atoms with Gasteiger partial charge in [-0.05, 0) is 60.9 Å². The molecule has 6 rings (SSSR count). The van der Waals surface area contributed by atoms with E-state index in [4.69, 9.17) is 21.6 Å². The number of aryl methyl sites for hydroxylation is 1. The number of nitrogens with one attached hydrogen (secondary N) is 4. The summed E-state index contributed by atoms with van der Waals surface area (Å²) < 4.78 is 0. The van der Waals surface area contributed by atoms with Crippen LogP contribution >= 0.6 is 11.6 Å². The van der Waals surface area contributed by atoms with Crippen molar-refractivity contribution in [3.8, 4) is 0 Å². The first-order valence-electron chi connectivity index (χ1n) is 11.1. The predicted octanol–water partition coefficient (Wildman–Crippen LogP) is 6.35. The smallest absolute Gasteiger partial charge is 0.229 e. The van der Waals surface area contributed by atoms with Gasteiger partial charge in [-0.1, -0.05) is 29.8 Å². The van der Waals surface area contributed by atoms with Gasteiger partial charge in [0.15, 0.2) is 0 Å². The van der Waals surface area contributed by atoms with Crippen LogP contribution in [0.4, 0.5) is 17.5 Å². The fourth-order valence-corrected chi connectivity index (χ4v) is 4.55. The zero-order valence-corrected chi connectivity index (χ0v) is 19.2. The van der Waals surface area contributed by atoms with Crippen molar-refractivity contribution in [1.29, 1.82) is 0 Å². The van der Waals surface area contributed by atoms with Gasteiger partial charge in [-0.15, -0.1) is 0 Å². The number of benzene rings is 3. The van der Waals surface area contributed by atoms with Crippen LogP contribution in [0, 0.1) is 6.92 Å². The Morgan fingerprint density at radius 1 is 1.00 bits per heavy atom. The summed E-state index contributed by atoms with van der Waals surface area (Å²) in [5.74, 6) is 1.27. The molecule has 3 aromatic carbocycles. The van der Waals surface area contributed by atoms with E-state index in [2.05, 4.69) is 56.3 Å². The molecule has 8 heteroatoms. The zero-order valence-electron chi connectivity index (χ0n) is 18.5. The molecule has 3 heterocycles. The number of nitrogens with zero attached hydrogens (tertiary/aromatic N) is 3. The van der Waals surface area contributed by atoms with E-state index in [1.54, 1.807) is 0 Å². The van der Waals surface area contributed by atoms with Crippen LogP contribution in [0.5, 0.6) is 0 Å². The molecule has 3 aromatic heterocycles. The summed E-state index contributed by atoms with van der Waals surface area (Å²) in [5.41, 5.74) is 6.26. The lowest BCUT2D eigenvalue weighted by molar-refractivity contribution is 1.01. The number of aromatic amines is 2.